The summed E-state index contributed by atoms with van der Waals surface area (Å²) in [6, 6.07) is 11.7. The average Bonchev–Trinajstić information content (AvgIpc) is 2.48. The lowest BCUT2D eigenvalue weighted by atomic mass is 10.2. The van der Waals surface area contributed by atoms with Crippen molar-refractivity contribution in [3.63, 3.8) is 0 Å². The predicted molar refractivity (Wildman–Crippen MR) is 71.8 cm³/mol. The smallest absolute Gasteiger partial charge is 0.128 e. The van der Waals surface area contributed by atoms with Gasteiger partial charge in [-0.25, -0.2) is 0 Å². The second kappa shape index (κ2) is 7.51. The summed E-state index contributed by atoms with van der Waals surface area (Å²) in [6.45, 7) is 1.45. The van der Waals surface area contributed by atoms with Crippen LogP contribution >= 0.6 is 0 Å². The van der Waals surface area contributed by atoms with Crippen molar-refractivity contribution in [2.45, 2.75) is 13.2 Å². The fraction of sp³-hybridized carbons (Fsp3) is 0.267. The Balaban J connectivity index is 1.69. The number of hydrogen-bond donors (Lipinski definition) is 1. The van der Waals surface area contributed by atoms with Gasteiger partial charge in [0, 0.05) is 18.0 Å². The fourth-order valence-corrected chi connectivity index (χ4v) is 1.65. The van der Waals surface area contributed by atoms with Gasteiger partial charge in [-0.15, -0.1) is 0 Å². The van der Waals surface area contributed by atoms with E-state index in [1.807, 2.05) is 30.3 Å². The van der Waals surface area contributed by atoms with E-state index in [4.69, 9.17) is 14.6 Å². The summed E-state index contributed by atoms with van der Waals surface area (Å²) >= 11 is 0. The van der Waals surface area contributed by atoms with E-state index in [-0.39, 0.29) is 6.61 Å². The normalized spacial score (nSPS) is 10.4. The molecule has 1 aromatic carbocycles. The number of hydrogen-bond acceptors (Lipinski definition) is 4. The van der Waals surface area contributed by atoms with E-state index in [9.17, 15) is 0 Å². The Hall–Kier alpha value is -1.91. The molecule has 0 saturated heterocycles. The van der Waals surface area contributed by atoms with Crippen LogP contribution in [0.3, 0.4) is 0 Å². The summed E-state index contributed by atoms with van der Waals surface area (Å²) in [5.41, 5.74) is 1.83. The molecule has 1 aromatic heterocycles. The first kappa shape index (κ1) is 13.5. The molecule has 0 fully saturated rings. The van der Waals surface area contributed by atoms with Crippen LogP contribution in [-0.4, -0.2) is 23.3 Å². The minimum atomic E-state index is -0.0754. The first-order chi connectivity index (χ1) is 9.40. The molecular formula is C15H17NO3. The third-order valence-electron chi connectivity index (χ3n) is 2.63. The molecule has 0 atom stereocenters. The van der Waals surface area contributed by atoms with Gasteiger partial charge in [-0.3, -0.25) is 4.98 Å². The highest BCUT2D eigenvalue weighted by atomic mass is 16.5. The Morgan fingerprint density at radius 1 is 1.05 bits per heavy atom. The van der Waals surface area contributed by atoms with E-state index in [2.05, 4.69) is 4.98 Å². The zero-order valence-electron chi connectivity index (χ0n) is 10.7. The molecule has 1 heterocycles. The summed E-state index contributed by atoms with van der Waals surface area (Å²) in [6.07, 6.45) is 3.24. The van der Waals surface area contributed by atoms with Crippen molar-refractivity contribution < 1.29 is 14.6 Å². The highest BCUT2D eigenvalue weighted by Crippen LogP contribution is 2.15. The molecule has 4 heteroatoms. The molecule has 0 saturated carbocycles. The molecule has 0 aliphatic rings. The second-order valence-electron chi connectivity index (χ2n) is 4.03. The maximum atomic E-state index is 9.12. The first-order valence-corrected chi connectivity index (χ1v) is 6.18. The van der Waals surface area contributed by atoms with E-state index in [0.717, 1.165) is 5.56 Å². The van der Waals surface area contributed by atoms with E-state index >= 15 is 0 Å². The lowest BCUT2D eigenvalue weighted by molar-refractivity contribution is 0.0880. The minimum absolute atomic E-state index is 0.0754. The number of aromatic nitrogens is 1. The summed E-state index contributed by atoms with van der Waals surface area (Å²) in [5.74, 6) is 0.654. The number of aliphatic hydroxyl groups excluding tert-OH is 1. The van der Waals surface area contributed by atoms with E-state index in [0.29, 0.717) is 31.1 Å². The molecule has 2 rings (SSSR count). The molecule has 0 aliphatic heterocycles. The molecule has 19 heavy (non-hydrogen) atoms. The fourth-order valence-electron chi connectivity index (χ4n) is 1.65. The molecule has 0 aliphatic carbocycles. The predicted octanol–water partition coefficient (Wildman–Crippen LogP) is 2.17. The summed E-state index contributed by atoms with van der Waals surface area (Å²) in [5, 5.41) is 9.12. The number of benzene rings is 1. The number of ether oxygens (including phenoxy) is 2. The van der Waals surface area contributed by atoms with Crippen LogP contribution in [0.15, 0.2) is 48.8 Å². The van der Waals surface area contributed by atoms with Gasteiger partial charge < -0.3 is 14.6 Å². The minimum Gasteiger partial charge on any atom is -0.491 e. The molecule has 0 amide bonds. The van der Waals surface area contributed by atoms with Crippen molar-refractivity contribution in [1.82, 2.24) is 4.98 Å². The Bertz CT molecular complexity index is 488. The SMILES string of the molecule is OCc1cnccc1OCCOCc1ccccc1. The maximum absolute atomic E-state index is 9.12. The van der Waals surface area contributed by atoms with Crippen molar-refractivity contribution in [3.05, 3.63) is 59.9 Å². The monoisotopic (exact) mass is 259 g/mol. The van der Waals surface area contributed by atoms with Crippen LogP contribution in [-0.2, 0) is 18.0 Å². The summed E-state index contributed by atoms with van der Waals surface area (Å²) < 4.78 is 11.1. The standard InChI is InChI=1S/C15H17NO3/c17-11-14-10-16-7-6-15(14)19-9-8-18-12-13-4-2-1-3-5-13/h1-7,10,17H,8-9,11-12H2. The van der Waals surface area contributed by atoms with E-state index in [1.54, 1.807) is 18.5 Å². The third kappa shape index (κ3) is 4.35. The van der Waals surface area contributed by atoms with Crippen LogP contribution in [0.1, 0.15) is 11.1 Å². The van der Waals surface area contributed by atoms with Gasteiger partial charge in [-0.1, -0.05) is 30.3 Å². The number of nitrogens with zero attached hydrogens (tertiary/aromatic N) is 1. The van der Waals surface area contributed by atoms with Gasteiger partial charge in [0.15, 0.2) is 0 Å². The summed E-state index contributed by atoms with van der Waals surface area (Å²) in [4.78, 5) is 3.93. The van der Waals surface area contributed by atoms with Gasteiger partial charge in [0.25, 0.3) is 0 Å². The molecule has 4 nitrogen and oxygen atoms in total. The highest BCUT2D eigenvalue weighted by Gasteiger charge is 2.01. The van der Waals surface area contributed by atoms with Crippen molar-refractivity contribution in [2.75, 3.05) is 13.2 Å². The topological polar surface area (TPSA) is 51.6 Å². The van der Waals surface area contributed by atoms with Crippen LogP contribution in [0.5, 0.6) is 5.75 Å². The van der Waals surface area contributed by atoms with Crippen molar-refractivity contribution in [3.8, 4) is 5.75 Å². The van der Waals surface area contributed by atoms with Gasteiger partial charge in [-0.05, 0) is 11.6 Å². The number of rotatable bonds is 7. The number of pyridine rings is 1. The Kier molecular flexibility index (Phi) is 5.34. The van der Waals surface area contributed by atoms with Crippen LogP contribution in [0.2, 0.25) is 0 Å². The quantitative estimate of drug-likeness (QED) is 0.774. The van der Waals surface area contributed by atoms with Gasteiger partial charge in [0.2, 0.25) is 0 Å². The largest absolute Gasteiger partial charge is 0.491 e. The van der Waals surface area contributed by atoms with Crippen LogP contribution in [0.25, 0.3) is 0 Å². The van der Waals surface area contributed by atoms with Crippen molar-refractivity contribution in [1.29, 1.82) is 0 Å². The maximum Gasteiger partial charge on any atom is 0.128 e. The third-order valence-corrected chi connectivity index (χ3v) is 2.63. The molecule has 0 radical (unpaired) electrons. The zero-order valence-corrected chi connectivity index (χ0v) is 10.7. The molecule has 0 unspecified atom stereocenters. The highest BCUT2D eigenvalue weighted by molar-refractivity contribution is 5.29. The van der Waals surface area contributed by atoms with Gasteiger partial charge in [0.05, 0.1) is 19.8 Å². The Morgan fingerprint density at radius 2 is 1.89 bits per heavy atom. The molecule has 0 bridgehead atoms. The second-order valence-corrected chi connectivity index (χ2v) is 4.03. The zero-order chi connectivity index (χ0) is 13.3. The number of aliphatic hydroxyl groups is 1. The van der Waals surface area contributed by atoms with Crippen LogP contribution < -0.4 is 4.74 Å². The van der Waals surface area contributed by atoms with E-state index < -0.39 is 0 Å². The molecular weight excluding hydrogens is 242 g/mol. The Morgan fingerprint density at radius 3 is 2.68 bits per heavy atom. The van der Waals surface area contributed by atoms with Gasteiger partial charge in [0.1, 0.15) is 12.4 Å². The average molecular weight is 259 g/mol. The van der Waals surface area contributed by atoms with Gasteiger partial charge in [-0.2, -0.15) is 0 Å². The van der Waals surface area contributed by atoms with Gasteiger partial charge >= 0.3 is 0 Å². The van der Waals surface area contributed by atoms with Crippen molar-refractivity contribution in [2.24, 2.45) is 0 Å². The Labute approximate surface area is 112 Å². The van der Waals surface area contributed by atoms with Crippen molar-refractivity contribution >= 4 is 0 Å². The molecule has 100 valence electrons. The lowest BCUT2D eigenvalue weighted by Crippen LogP contribution is -2.08. The van der Waals surface area contributed by atoms with Crippen LogP contribution in [0.4, 0.5) is 0 Å². The lowest BCUT2D eigenvalue weighted by Gasteiger charge is -2.09. The first-order valence-electron chi connectivity index (χ1n) is 6.18. The molecule has 0 spiro atoms. The molecule has 2 aromatic rings. The van der Waals surface area contributed by atoms with E-state index in [1.165, 1.54) is 0 Å². The van der Waals surface area contributed by atoms with Crippen LogP contribution in [0, 0.1) is 0 Å². The summed E-state index contributed by atoms with van der Waals surface area (Å²) in [7, 11) is 0. The molecule has 1 N–H and O–H groups in total.